The number of nitrogens with zero attached hydrogens (tertiary/aromatic N) is 5. The van der Waals surface area contributed by atoms with Gasteiger partial charge >= 0.3 is 0 Å². The van der Waals surface area contributed by atoms with E-state index in [1.807, 2.05) is 44.2 Å². The van der Waals surface area contributed by atoms with Crippen LogP contribution in [-0.4, -0.2) is 64.1 Å². The predicted octanol–water partition coefficient (Wildman–Crippen LogP) is 1.98. The summed E-state index contributed by atoms with van der Waals surface area (Å²) >= 11 is 0. The number of piperazine rings is 1. The molecule has 0 saturated carbocycles. The molecular formula is C25H31N7O3. The highest BCUT2D eigenvalue weighted by Gasteiger charge is 2.27. The first kappa shape index (κ1) is 24.3. The summed E-state index contributed by atoms with van der Waals surface area (Å²) in [5.41, 5.74) is 1.84. The van der Waals surface area contributed by atoms with Gasteiger partial charge in [-0.1, -0.05) is 19.1 Å². The van der Waals surface area contributed by atoms with Crippen LogP contribution in [0, 0.1) is 6.92 Å². The number of aryl methyl sites for hydroxylation is 1. The molecule has 0 spiro atoms. The molecule has 2 aromatic heterocycles. The maximum absolute atomic E-state index is 12.8. The van der Waals surface area contributed by atoms with Crippen molar-refractivity contribution in [2.45, 2.75) is 38.6 Å². The van der Waals surface area contributed by atoms with E-state index in [4.69, 9.17) is 9.72 Å². The van der Waals surface area contributed by atoms with Crippen LogP contribution >= 0.6 is 0 Å². The summed E-state index contributed by atoms with van der Waals surface area (Å²) in [6, 6.07) is 9.38. The van der Waals surface area contributed by atoms with Gasteiger partial charge in [0.25, 0.3) is 0 Å². The third-order valence-electron chi connectivity index (χ3n) is 6.08. The average molecular weight is 478 g/mol. The van der Waals surface area contributed by atoms with E-state index in [1.165, 1.54) is 0 Å². The van der Waals surface area contributed by atoms with Crippen LogP contribution in [0.3, 0.4) is 0 Å². The number of methoxy groups -OCH3 is 1. The third-order valence-corrected chi connectivity index (χ3v) is 6.08. The molecule has 10 heteroatoms. The molecule has 1 aromatic carbocycles. The van der Waals surface area contributed by atoms with Crippen LogP contribution in [0.2, 0.25) is 0 Å². The van der Waals surface area contributed by atoms with E-state index in [1.54, 1.807) is 30.4 Å². The maximum atomic E-state index is 12.8. The summed E-state index contributed by atoms with van der Waals surface area (Å²) < 4.78 is 6.94. The van der Waals surface area contributed by atoms with Gasteiger partial charge in [-0.2, -0.15) is 4.98 Å². The maximum Gasteiger partial charge on any atom is 0.237 e. The van der Waals surface area contributed by atoms with Crippen LogP contribution < -0.4 is 20.3 Å². The van der Waals surface area contributed by atoms with Gasteiger partial charge in [0.05, 0.1) is 13.2 Å². The van der Waals surface area contributed by atoms with Crippen molar-refractivity contribution >= 4 is 17.6 Å². The van der Waals surface area contributed by atoms with Crippen molar-refractivity contribution in [2.24, 2.45) is 0 Å². The molecule has 3 heterocycles. The number of carbonyl (C=O) groups excluding carboxylic acids is 2. The third kappa shape index (κ3) is 6.21. The SMILES string of the molecule is COc1ccc(C(C)CC(=O)NC(=O)CC2CNCCN2c2cc(C)nc(-n3ccnc3)n2)cc1. The van der Waals surface area contributed by atoms with E-state index in [9.17, 15) is 9.59 Å². The molecule has 2 N–H and O–H groups in total. The van der Waals surface area contributed by atoms with Crippen LogP contribution in [-0.2, 0) is 9.59 Å². The average Bonchev–Trinajstić information content (AvgIpc) is 3.39. The first-order valence-corrected chi connectivity index (χ1v) is 11.7. The van der Waals surface area contributed by atoms with Gasteiger partial charge in [0, 0.05) is 56.6 Å². The highest BCUT2D eigenvalue weighted by molar-refractivity contribution is 5.95. The smallest absolute Gasteiger partial charge is 0.237 e. The Morgan fingerprint density at radius 1 is 1.23 bits per heavy atom. The monoisotopic (exact) mass is 477 g/mol. The van der Waals surface area contributed by atoms with Crippen molar-refractivity contribution in [2.75, 3.05) is 31.6 Å². The molecule has 4 rings (SSSR count). The Bertz CT molecular complexity index is 1150. The van der Waals surface area contributed by atoms with Gasteiger partial charge in [-0.25, -0.2) is 9.97 Å². The number of nitrogens with one attached hydrogen (secondary N) is 2. The van der Waals surface area contributed by atoms with Crippen molar-refractivity contribution in [1.29, 1.82) is 0 Å². The van der Waals surface area contributed by atoms with E-state index in [0.717, 1.165) is 29.4 Å². The van der Waals surface area contributed by atoms with E-state index >= 15 is 0 Å². The van der Waals surface area contributed by atoms with Gasteiger partial charge in [-0.05, 0) is 30.5 Å². The standard InChI is InChI=1S/C25H31N7O3/c1-17(19-4-6-21(35-3)7-5-19)12-23(33)30-24(34)14-20-15-26-9-11-32(20)22-13-18(2)28-25(29-22)31-10-8-27-16-31/h4-8,10,13,16-17,20,26H,9,11-12,14-15H2,1-3H3,(H,30,33,34). The Balaban J connectivity index is 1.38. The molecule has 2 unspecified atom stereocenters. The molecule has 0 aliphatic carbocycles. The number of rotatable bonds is 8. The number of imide groups is 1. The lowest BCUT2D eigenvalue weighted by Gasteiger charge is -2.37. The summed E-state index contributed by atoms with van der Waals surface area (Å²) in [6.07, 6.45) is 5.53. The van der Waals surface area contributed by atoms with Gasteiger partial charge in [-0.15, -0.1) is 0 Å². The molecular weight excluding hydrogens is 446 g/mol. The zero-order valence-electron chi connectivity index (χ0n) is 20.3. The first-order valence-electron chi connectivity index (χ1n) is 11.7. The lowest BCUT2D eigenvalue weighted by atomic mass is 9.97. The summed E-state index contributed by atoms with van der Waals surface area (Å²) in [5, 5.41) is 5.90. The summed E-state index contributed by atoms with van der Waals surface area (Å²) in [4.78, 5) is 40.7. The largest absolute Gasteiger partial charge is 0.497 e. The van der Waals surface area contributed by atoms with E-state index in [2.05, 4.69) is 25.5 Å². The topological polar surface area (TPSA) is 114 Å². The molecule has 3 aromatic rings. The molecule has 1 fully saturated rings. The fourth-order valence-corrected chi connectivity index (χ4v) is 4.22. The summed E-state index contributed by atoms with van der Waals surface area (Å²) in [7, 11) is 1.62. The second-order valence-electron chi connectivity index (χ2n) is 8.74. The molecule has 1 aliphatic rings. The van der Waals surface area contributed by atoms with Crippen LogP contribution in [0.1, 0.15) is 36.9 Å². The normalized spacial score (nSPS) is 16.5. The number of hydrogen-bond acceptors (Lipinski definition) is 8. The minimum absolute atomic E-state index is 0.0212. The van der Waals surface area contributed by atoms with E-state index in [-0.39, 0.29) is 36.6 Å². The van der Waals surface area contributed by atoms with E-state index in [0.29, 0.717) is 19.0 Å². The Morgan fingerprint density at radius 2 is 2.03 bits per heavy atom. The molecule has 2 amide bonds. The number of amides is 2. The number of ether oxygens (including phenoxy) is 1. The van der Waals surface area contributed by atoms with Crippen molar-refractivity contribution in [3.8, 4) is 11.7 Å². The highest BCUT2D eigenvalue weighted by Crippen LogP contribution is 2.22. The van der Waals surface area contributed by atoms with E-state index < -0.39 is 0 Å². The Kier molecular flexibility index (Phi) is 7.71. The molecule has 0 bridgehead atoms. The van der Waals surface area contributed by atoms with Crippen LogP contribution in [0.5, 0.6) is 5.75 Å². The number of carbonyl (C=O) groups is 2. The lowest BCUT2D eigenvalue weighted by Crippen LogP contribution is -2.53. The second-order valence-corrected chi connectivity index (χ2v) is 8.74. The molecule has 1 aliphatic heterocycles. The van der Waals surface area contributed by atoms with Crippen molar-refractivity contribution in [1.82, 2.24) is 30.2 Å². The molecule has 10 nitrogen and oxygen atoms in total. The van der Waals surface area contributed by atoms with Crippen LogP contribution in [0.4, 0.5) is 5.82 Å². The van der Waals surface area contributed by atoms with Gasteiger partial charge < -0.3 is 15.0 Å². The number of imidazole rings is 1. The zero-order chi connectivity index (χ0) is 24.8. The quantitative estimate of drug-likeness (QED) is 0.506. The Labute approximate surface area is 204 Å². The van der Waals surface area contributed by atoms with Crippen molar-refractivity contribution in [3.63, 3.8) is 0 Å². The fraction of sp³-hybridized carbons (Fsp3) is 0.400. The fourth-order valence-electron chi connectivity index (χ4n) is 4.22. The van der Waals surface area contributed by atoms with Gasteiger partial charge in [0.1, 0.15) is 17.9 Å². The molecule has 0 radical (unpaired) electrons. The Hall–Kier alpha value is -3.79. The number of benzene rings is 1. The molecule has 2 atom stereocenters. The summed E-state index contributed by atoms with van der Waals surface area (Å²) in [6.45, 7) is 5.97. The van der Waals surface area contributed by atoms with Crippen molar-refractivity contribution in [3.05, 3.63) is 60.3 Å². The lowest BCUT2D eigenvalue weighted by molar-refractivity contribution is -0.130. The number of aromatic nitrogens is 4. The number of hydrogen-bond donors (Lipinski definition) is 2. The second kappa shape index (κ2) is 11.1. The Morgan fingerprint density at radius 3 is 2.74 bits per heavy atom. The highest BCUT2D eigenvalue weighted by atomic mass is 16.5. The van der Waals surface area contributed by atoms with Crippen LogP contribution in [0.25, 0.3) is 5.95 Å². The van der Waals surface area contributed by atoms with Crippen molar-refractivity contribution < 1.29 is 14.3 Å². The first-order chi connectivity index (χ1) is 16.9. The molecule has 35 heavy (non-hydrogen) atoms. The van der Waals surface area contributed by atoms with Gasteiger partial charge in [-0.3, -0.25) is 19.5 Å². The summed E-state index contributed by atoms with van der Waals surface area (Å²) in [5.74, 6) is 1.45. The predicted molar refractivity (Wildman–Crippen MR) is 132 cm³/mol. The minimum Gasteiger partial charge on any atom is -0.497 e. The van der Waals surface area contributed by atoms with Gasteiger partial charge in [0.2, 0.25) is 17.8 Å². The van der Waals surface area contributed by atoms with Crippen LogP contribution in [0.15, 0.2) is 49.1 Å². The molecule has 1 saturated heterocycles. The number of anilines is 1. The zero-order valence-corrected chi connectivity index (χ0v) is 20.3. The minimum atomic E-state index is -0.295. The molecule has 184 valence electrons. The van der Waals surface area contributed by atoms with Gasteiger partial charge in [0.15, 0.2) is 0 Å².